The van der Waals surface area contributed by atoms with E-state index in [1.54, 1.807) is 6.20 Å². The van der Waals surface area contributed by atoms with Crippen molar-refractivity contribution in [2.24, 2.45) is 0 Å². The number of aromatic amines is 1. The fraction of sp³-hybridized carbons (Fsp3) is 0.467. The Kier molecular flexibility index (Phi) is 3.45. The number of hydrogen-bond acceptors (Lipinski definition) is 4. The van der Waals surface area contributed by atoms with E-state index in [1.165, 1.54) is 0 Å². The van der Waals surface area contributed by atoms with Crippen LogP contribution < -0.4 is 0 Å². The lowest BCUT2D eigenvalue weighted by Gasteiger charge is -2.17. The third-order valence-corrected chi connectivity index (χ3v) is 3.91. The summed E-state index contributed by atoms with van der Waals surface area (Å²) in [5.74, 6) is 1.96. The van der Waals surface area contributed by atoms with Crippen molar-refractivity contribution in [2.75, 3.05) is 13.1 Å². The molecule has 1 aliphatic heterocycles. The number of H-pyrrole nitrogens is 1. The second kappa shape index (κ2) is 5.27. The highest BCUT2D eigenvalue weighted by Gasteiger charge is 2.30. The van der Waals surface area contributed by atoms with Gasteiger partial charge in [0.25, 0.3) is 5.91 Å². The highest BCUT2D eigenvalue weighted by Crippen LogP contribution is 2.26. The molecule has 1 N–H and O–H groups in total. The van der Waals surface area contributed by atoms with Gasteiger partial charge < -0.3 is 9.88 Å². The summed E-state index contributed by atoms with van der Waals surface area (Å²) >= 11 is 0. The number of imidazole rings is 1. The normalized spacial score (nSPS) is 18.2. The van der Waals surface area contributed by atoms with E-state index in [0.29, 0.717) is 17.9 Å². The van der Waals surface area contributed by atoms with Crippen LogP contribution in [-0.4, -0.2) is 43.8 Å². The van der Waals surface area contributed by atoms with Crippen LogP contribution in [0.1, 0.15) is 45.7 Å². The Morgan fingerprint density at radius 3 is 2.76 bits per heavy atom. The average Bonchev–Trinajstić information content (AvgIpc) is 3.06. The molecule has 1 aliphatic rings. The van der Waals surface area contributed by atoms with Crippen molar-refractivity contribution in [1.82, 2.24) is 24.8 Å². The number of amides is 1. The number of hydrogen-bond donors (Lipinski definition) is 1. The van der Waals surface area contributed by atoms with Crippen molar-refractivity contribution >= 4 is 5.91 Å². The van der Waals surface area contributed by atoms with Gasteiger partial charge in [0.15, 0.2) is 0 Å². The number of aryl methyl sites for hydroxylation is 3. The molecule has 3 heterocycles. The van der Waals surface area contributed by atoms with Crippen LogP contribution in [0.25, 0.3) is 0 Å². The number of likely N-dealkylation sites (tertiary alicyclic amines) is 1. The highest BCUT2D eigenvalue weighted by atomic mass is 16.2. The van der Waals surface area contributed by atoms with Crippen LogP contribution >= 0.6 is 0 Å². The topological polar surface area (TPSA) is 74.8 Å². The Balaban J connectivity index is 1.75. The van der Waals surface area contributed by atoms with E-state index in [0.717, 1.165) is 30.2 Å². The quantitative estimate of drug-likeness (QED) is 0.912. The molecule has 3 rings (SSSR count). The van der Waals surface area contributed by atoms with Crippen LogP contribution in [0.4, 0.5) is 0 Å². The Morgan fingerprint density at radius 2 is 2.10 bits per heavy atom. The first-order chi connectivity index (χ1) is 10.0. The molecule has 2 aromatic heterocycles. The highest BCUT2D eigenvalue weighted by molar-refractivity contribution is 5.95. The zero-order valence-corrected chi connectivity index (χ0v) is 12.6. The minimum absolute atomic E-state index is 0.0123. The molecular weight excluding hydrogens is 266 g/mol. The third kappa shape index (κ3) is 2.66. The molecular formula is C15H19N5O. The summed E-state index contributed by atoms with van der Waals surface area (Å²) in [5.41, 5.74) is 2.39. The zero-order chi connectivity index (χ0) is 15.0. The van der Waals surface area contributed by atoms with Gasteiger partial charge in [0.05, 0.1) is 11.3 Å². The molecule has 1 unspecified atom stereocenters. The summed E-state index contributed by atoms with van der Waals surface area (Å²) < 4.78 is 0. The number of nitrogens with zero attached hydrogens (tertiary/aromatic N) is 4. The molecule has 0 bridgehead atoms. The van der Waals surface area contributed by atoms with Crippen LogP contribution in [0, 0.1) is 20.8 Å². The van der Waals surface area contributed by atoms with Gasteiger partial charge in [-0.2, -0.15) is 0 Å². The summed E-state index contributed by atoms with van der Waals surface area (Å²) in [6, 6.07) is 0. The number of carbonyl (C=O) groups is 1. The van der Waals surface area contributed by atoms with Gasteiger partial charge in [0.2, 0.25) is 0 Å². The molecule has 21 heavy (non-hydrogen) atoms. The summed E-state index contributed by atoms with van der Waals surface area (Å²) in [6.07, 6.45) is 4.40. The minimum atomic E-state index is 0.0123. The van der Waals surface area contributed by atoms with Crippen LogP contribution in [0.5, 0.6) is 0 Å². The lowest BCUT2D eigenvalue weighted by molar-refractivity contribution is 0.0789. The van der Waals surface area contributed by atoms with Crippen LogP contribution in [0.2, 0.25) is 0 Å². The number of aromatic nitrogens is 4. The monoisotopic (exact) mass is 285 g/mol. The van der Waals surface area contributed by atoms with E-state index in [1.807, 2.05) is 31.9 Å². The van der Waals surface area contributed by atoms with E-state index in [2.05, 4.69) is 19.9 Å². The van der Waals surface area contributed by atoms with Gasteiger partial charge in [-0.1, -0.05) is 0 Å². The van der Waals surface area contributed by atoms with E-state index in [9.17, 15) is 4.79 Å². The molecule has 1 saturated heterocycles. The van der Waals surface area contributed by atoms with Gasteiger partial charge in [-0.25, -0.2) is 15.0 Å². The predicted molar refractivity (Wildman–Crippen MR) is 78.1 cm³/mol. The predicted octanol–water partition coefficient (Wildman–Crippen LogP) is 1.75. The molecule has 0 spiro atoms. The first kappa shape index (κ1) is 13.7. The summed E-state index contributed by atoms with van der Waals surface area (Å²) in [7, 11) is 0. The minimum Gasteiger partial charge on any atom is -0.346 e. The van der Waals surface area contributed by atoms with Crippen LogP contribution in [0.3, 0.4) is 0 Å². The lowest BCUT2D eigenvalue weighted by Crippen LogP contribution is -2.29. The van der Waals surface area contributed by atoms with Crippen molar-refractivity contribution in [3.8, 4) is 0 Å². The molecule has 110 valence electrons. The van der Waals surface area contributed by atoms with Gasteiger partial charge in [-0.3, -0.25) is 4.79 Å². The van der Waals surface area contributed by atoms with Crippen molar-refractivity contribution in [2.45, 2.75) is 33.1 Å². The molecule has 6 heteroatoms. The summed E-state index contributed by atoms with van der Waals surface area (Å²) in [5, 5.41) is 0. The maximum absolute atomic E-state index is 12.6. The van der Waals surface area contributed by atoms with E-state index in [4.69, 9.17) is 0 Å². The smallest absolute Gasteiger partial charge is 0.257 e. The SMILES string of the molecule is Cc1ncc(C(=O)N2CCC(c3ncc(C)[nH]3)C2)c(C)n1. The second-order valence-corrected chi connectivity index (χ2v) is 5.60. The van der Waals surface area contributed by atoms with Gasteiger partial charge in [0.1, 0.15) is 11.6 Å². The number of nitrogens with one attached hydrogen (secondary N) is 1. The fourth-order valence-corrected chi connectivity index (χ4v) is 2.77. The molecule has 0 saturated carbocycles. The Labute approximate surface area is 123 Å². The maximum atomic E-state index is 12.6. The Bertz CT molecular complexity index is 678. The van der Waals surface area contributed by atoms with Crippen molar-refractivity contribution in [3.63, 3.8) is 0 Å². The standard InChI is InChI=1S/C15H19N5O/c1-9-6-17-14(18-9)12-4-5-20(8-12)15(21)13-7-16-11(3)19-10(13)2/h6-7,12H,4-5,8H2,1-3H3,(H,17,18). The van der Waals surface area contributed by atoms with Crippen molar-refractivity contribution < 1.29 is 4.79 Å². The van der Waals surface area contributed by atoms with Gasteiger partial charge in [-0.05, 0) is 27.2 Å². The lowest BCUT2D eigenvalue weighted by atomic mass is 10.1. The van der Waals surface area contributed by atoms with Gasteiger partial charge in [0, 0.05) is 37.1 Å². The summed E-state index contributed by atoms with van der Waals surface area (Å²) in [4.78, 5) is 30.5. The molecule has 0 aromatic carbocycles. The van der Waals surface area contributed by atoms with Crippen molar-refractivity contribution in [1.29, 1.82) is 0 Å². The first-order valence-electron chi connectivity index (χ1n) is 7.15. The maximum Gasteiger partial charge on any atom is 0.257 e. The van der Waals surface area contributed by atoms with E-state index < -0.39 is 0 Å². The molecule has 0 aliphatic carbocycles. The summed E-state index contributed by atoms with van der Waals surface area (Å²) in [6.45, 7) is 7.11. The average molecular weight is 285 g/mol. The molecule has 6 nitrogen and oxygen atoms in total. The Hall–Kier alpha value is -2.24. The molecule has 1 fully saturated rings. The number of carbonyl (C=O) groups excluding carboxylic acids is 1. The second-order valence-electron chi connectivity index (χ2n) is 5.60. The molecule has 0 radical (unpaired) electrons. The zero-order valence-electron chi connectivity index (χ0n) is 12.6. The van der Waals surface area contributed by atoms with E-state index in [-0.39, 0.29) is 11.8 Å². The third-order valence-electron chi connectivity index (χ3n) is 3.91. The van der Waals surface area contributed by atoms with Crippen LogP contribution in [-0.2, 0) is 0 Å². The fourth-order valence-electron chi connectivity index (χ4n) is 2.77. The first-order valence-corrected chi connectivity index (χ1v) is 7.15. The molecule has 1 atom stereocenters. The van der Waals surface area contributed by atoms with Gasteiger partial charge in [-0.15, -0.1) is 0 Å². The Morgan fingerprint density at radius 1 is 1.29 bits per heavy atom. The number of rotatable bonds is 2. The van der Waals surface area contributed by atoms with Crippen molar-refractivity contribution in [3.05, 3.63) is 41.0 Å². The molecule has 1 amide bonds. The molecule has 2 aromatic rings. The van der Waals surface area contributed by atoms with E-state index >= 15 is 0 Å². The largest absolute Gasteiger partial charge is 0.346 e. The van der Waals surface area contributed by atoms with Crippen LogP contribution in [0.15, 0.2) is 12.4 Å². The van der Waals surface area contributed by atoms with Gasteiger partial charge >= 0.3 is 0 Å².